The molecule has 0 aromatic heterocycles. The van der Waals surface area contributed by atoms with Crippen LogP contribution >= 0.6 is 11.8 Å². The zero-order valence-electron chi connectivity index (χ0n) is 11.0. The van der Waals surface area contributed by atoms with Crippen LogP contribution in [0.2, 0.25) is 0 Å². The Balaban J connectivity index is 2.71. The van der Waals surface area contributed by atoms with Gasteiger partial charge in [-0.3, -0.25) is 11.3 Å². The lowest BCUT2D eigenvalue weighted by molar-refractivity contribution is 0.145. The maximum absolute atomic E-state index is 5.71. The summed E-state index contributed by atoms with van der Waals surface area (Å²) in [6.07, 6.45) is 0. The topological polar surface area (TPSA) is 56.5 Å². The van der Waals surface area contributed by atoms with Gasteiger partial charge in [0.15, 0.2) is 0 Å². The molecular weight excluding hydrogens is 248 g/mol. The van der Waals surface area contributed by atoms with Gasteiger partial charge in [-0.2, -0.15) is 11.8 Å². The molecule has 1 aromatic carbocycles. The van der Waals surface area contributed by atoms with E-state index in [1.807, 2.05) is 36.0 Å². The van der Waals surface area contributed by atoms with Crippen molar-refractivity contribution in [1.82, 2.24) is 5.43 Å². The van der Waals surface area contributed by atoms with Crippen molar-refractivity contribution in [3.63, 3.8) is 0 Å². The first-order chi connectivity index (χ1) is 8.83. The molecule has 0 bridgehead atoms. The van der Waals surface area contributed by atoms with E-state index in [4.69, 9.17) is 15.3 Å². The van der Waals surface area contributed by atoms with Crippen LogP contribution in [0.15, 0.2) is 24.3 Å². The van der Waals surface area contributed by atoms with Crippen LogP contribution in [-0.4, -0.2) is 31.8 Å². The number of nitrogens with one attached hydrogen (secondary N) is 1. The molecule has 0 aliphatic rings. The third-order valence-electron chi connectivity index (χ3n) is 2.53. The molecule has 0 saturated carbocycles. The molecule has 0 aliphatic heterocycles. The fourth-order valence-corrected chi connectivity index (χ4v) is 2.35. The molecule has 4 nitrogen and oxygen atoms in total. The highest BCUT2D eigenvalue weighted by molar-refractivity contribution is 7.99. The van der Waals surface area contributed by atoms with Crippen LogP contribution in [0.4, 0.5) is 0 Å². The molecule has 5 heteroatoms. The Morgan fingerprint density at radius 1 is 1.33 bits per heavy atom. The number of hydrazine groups is 1. The monoisotopic (exact) mass is 270 g/mol. The summed E-state index contributed by atoms with van der Waals surface area (Å²) >= 11 is 1.85. The van der Waals surface area contributed by atoms with Crippen molar-refractivity contribution in [3.05, 3.63) is 29.8 Å². The van der Waals surface area contributed by atoms with Gasteiger partial charge >= 0.3 is 0 Å². The van der Waals surface area contributed by atoms with Gasteiger partial charge in [-0.05, 0) is 11.8 Å². The maximum Gasteiger partial charge on any atom is 0.124 e. The molecule has 102 valence electrons. The molecule has 0 spiro atoms. The summed E-state index contributed by atoms with van der Waals surface area (Å²) in [5.41, 5.74) is 3.95. The highest BCUT2D eigenvalue weighted by Gasteiger charge is 2.14. The van der Waals surface area contributed by atoms with Gasteiger partial charge < -0.3 is 9.47 Å². The molecule has 0 saturated heterocycles. The molecule has 1 rings (SSSR count). The largest absolute Gasteiger partial charge is 0.491 e. The van der Waals surface area contributed by atoms with Crippen LogP contribution in [0.3, 0.4) is 0 Å². The van der Waals surface area contributed by atoms with Gasteiger partial charge in [-0.15, -0.1) is 0 Å². The number of nitrogens with two attached hydrogens (primary N) is 1. The fourth-order valence-electron chi connectivity index (χ4n) is 1.60. The Labute approximate surface area is 113 Å². The summed E-state index contributed by atoms with van der Waals surface area (Å²) in [7, 11) is 1.66. The highest BCUT2D eigenvalue weighted by Crippen LogP contribution is 2.27. The predicted octanol–water partition coefficient (Wildman–Crippen LogP) is 1.97. The van der Waals surface area contributed by atoms with E-state index in [0.29, 0.717) is 13.2 Å². The molecule has 0 amide bonds. The van der Waals surface area contributed by atoms with Crippen LogP contribution in [0, 0.1) is 0 Å². The summed E-state index contributed by atoms with van der Waals surface area (Å²) in [4.78, 5) is 0. The Morgan fingerprint density at radius 3 is 2.78 bits per heavy atom. The predicted molar refractivity (Wildman–Crippen MR) is 76.9 cm³/mol. The maximum atomic E-state index is 5.71. The van der Waals surface area contributed by atoms with Gasteiger partial charge in [-0.25, -0.2) is 0 Å². The van der Waals surface area contributed by atoms with E-state index in [0.717, 1.165) is 22.8 Å². The van der Waals surface area contributed by atoms with Gasteiger partial charge in [0.2, 0.25) is 0 Å². The first kappa shape index (κ1) is 15.3. The number of benzene rings is 1. The summed E-state index contributed by atoms with van der Waals surface area (Å²) < 4.78 is 10.7. The van der Waals surface area contributed by atoms with Crippen LogP contribution in [0.25, 0.3) is 0 Å². The van der Waals surface area contributed by atoms with Gasteiger partial charge in [0, 0.05) is 18.4 Å². The van der Waals surface area contributed by atoms with Crippen molar-refractivity contribution >= 4 is 11.8 Å². The van der Waals surface area contributed by atoms with E-state index >= 15 is 0 Å². The molecule has 18 heavy (non-hydrogen) atoms. The average molecular weight is 270 g/mol. The molecule has 0 aliphatic carbocycles. The molecule has 1 atom stereocenters. The second kappa shape index (κ2) is 9.22. The Bertz CT molecular complexity index is 337. The smallest absolute Gasteiger partial charge is 0.124 e. The Kier molecular flexibility index (Phi) is 7.84. The van der Waals surface area contributed by atoms with E-state index in [-0.39, 0.29) is 6.04 Å². The number of thioether (sulfide) groups is 1. The zero-order valence-corrected chi connectivity index (χ0v) is 11.8. The summed E-state index contributed by atoms with van der Waals surface area (Å²) in [5, 5.41) is 0. The first-order valence-electron chi connectivity index (χ1n) is 6.08. The molecule has 0 radical (unpaired) electrons. The van der Waals surface area contributed by atoms with Gasteiger partial charge in [0.25, 0.3) is 0 Å². The SMILES string of the molecule is CCSCC(NN)c1ccccc1OCCOC. The number of rotatable bonds is 9. The summed E-state index contributed by atoms with van der Waals surface area (Å²) in [6, 6.07) is 8.08. The van der Waals surface area contributed by atoms with Crippen molar-refractivity contribution < 1.29 is 9.47 Å². The average Bonchev–Trinajstić information content (AvgIpc) is 2.41. The second-order valence-corrected chi connectivity index (χ2v) is 5.08. The molecule has 0 fully saturated rings. The minimum atomic E-state index is 0.105. The summed E-state index contributed by atoms with van der Waals surface area (Å²) in [5.74, 6) is 8.50. The van der Waals surface area contributed by atoms with Crippen LogP contribution < -0.4 is 16.0 Å². The van der Waals surface area contributed by atoms with E-state index in [1.165, 1.54) is 0 Å². The zero-order chi connectivity index (χ0) is 13.2. The van der Waals surface area contributed by atoms with E-state index in [9.17, 15) is 0 Å². The molecule has 1 unspecified atom stereocenters. The molecular formula is C13H22N2O2S. The van der Waals surface area contributed by atoms with E-state index in [1.54, 1.807) is 7.11 Å². The number of methoxy groups -OCH3 is 1. The molecule has 0 heterocycles. The van der Waals surface area contributed by atoms with Crippen molar-refractivity contribution in [2.24, 2.45) is 5.84 Å². The van der Waals surface area contributed by atoms with Crippen molar-refractivity contribution in [1.29, 1.82) is 0 Å². The fraction of sp³-hybridized carbons (Fsp3) is 0.538. The number of hydrogen-bond acceptors (Lipinski definition) is 5. The quantitative estimate of drug-likeness (QED) is 0.408. The van der Waals surface area contributed by atoms with Crippen LogP contribution in [0.5, 0.6) is 5.75 Å². The van der Waals surface area contributed by atoms with Crippen molar-refractivity contribution in [2.45, 2.75) is 13.0 Å². The Hall–Kier alpha value is -0.750. The van der Waals surface area contributed by atoms with Crippen LogP contribution in [0.1, 0.15) is 18.5 Å². The van der Waals surface area contributed by atoms with E-state index in [2.05, 4.69) is 12.3 Å². The number of ether oxygens (including phenoxy) is 2. The third-order valence-corrected chi connectivity index (χ3v) is 3.51. The van der Waals surface area contributed by atoms with Gasteiger partial charge in [0.05, 0.1) is 12.6 Å². The highest BCUT2D eigenvalue weighted by atomic mass is 32.2. The molecule has 1 aromatic rings. The van der Waals surface area contributed by atoms with Crippen LogP contribution in [-0.2, 0) is 4.74 Å². The lowest BCUT2D eigenvalue weighted by Gasteiger charge is -2.19. The minimum absolute atomic E-state index is 0.105. The standard InChI is InChI=1S/C13H22N2O2S/c1-3-18-10-12(15-14)11-6-4-5-7-13(11)17-9-8-16-2/h4-7,12,15H,3,8-10,14H2,1-2H3. The number of hydrogen-bond donors (Lipinski definition) is 2. The first-order valence-corrected chi connectivity index (χ1v) is 7.23. The molecule has 3 N–H and O–H groups in total. The van der Waals surface area contributed by atoms with Crippen molar-refractivity contribution in [3.8, 4) is 5.75 Å². The third kappa shape index (κ3) is 4.86. The van der Waals surface area contributed by atoms with E-state index < -0.39 is 0 Å². The lowest BCUT2D eigenvalue weighted by Crippen LogP contribution is -2.30. The van der Waals surface area contributed by atoms with Crippen molar-refractivity contribution in [2.75, 3.05) is 31.8 Å². The lowest BCUT2D eigenvalue weighted by atomic mass is 10.1. The number of para-hydroxylation sites is 1. The second-order valence-electron chi connectivity index (χ2n) is 3.76. The van der Waals surface area contributed by atoms with Gasteiger partial charge in [-0.1, -0.05) is 25.1 Å². The normalized spacial score (nSPS) is 12.4. The summed E-state index contributed by atoms with van der Waals surface area (Å²) in [6.45, 7) is 3.27. The minimum Gasteiger partial charge on any atom is -0.491 e. The van der Waals surface area contributed by atoms with Gasteiger partial charge in [0.1, 0.15) is 12.4 Å². The Morgan fingerprint density at radius 2 is 2.11 bits per heavy atom.